The molecule has 21 heavy (non-hydrogen) atoms. The smallest absolute Gasteiger partial charge is 0.232 e. The predicted octanol–water partition coefficient (Wildman–Crippen LogP) is 1.24. The van der Waals surface area contributed by atoms with E-state index in [0.29, 0.717) is 23.7 Å². The lowest BCUT2D eigenvalue weighted by Crippen LogP contribution is -2.35. The highest BCUT2D eigenvalue weighted by Gasteiger charge is 2.11. The van der Waals surface area contributed by atoms with Crippen LogP contribution in [0.5, 0.6) is 5.88 Å². The van der Waals surface area contributed by atoms with Crippen LogP contribution >= 0.6 is 0 Å². The van der Waals surface area contributed by atoms with Crippen molar-refractivity contribution in [3.05, 3.63) is 30.1 Å². The molecule has 2 heterocycles. The quantitative estimate of drug-likeness (QED) is 0.830. The number of aromatic nitrogens is 2. The Balaban J connectivity index is 2.09. The molecule has 0 bridgehead atoms. The summed E-state index contributed by atoms with van der Waals surface area (Å²) in [6.07, 6.45) is 2.62. The maximum atomic E-state index is 9.83. The van der Waals surface area contributed by atoms with E-state index in [1.165, 1.54) is 0 Å². The van der Waals surface area contributed by atoms with Gasteiger partial charge in [0.25, 0.3) is 0 Å². The maximum Gasteiger partial charge on any atom is 0.232 e. The van der Waals surface area contributed by atoms with Crippen LogP contribution in [-0.2, 0) is 0 Å². The Bertz CT molecular complexity index is 652. The molecule has 0 saturated heterocycles. The van der Waals surface area contributed by atoms with Crippen molar-refractivity contribution in [3.8, 4) is 11.9 Å². The summed E-state index contributed by atoms with van der Waals surface area (Å²) in [6, 6.07) is 5.78. The standard InChI is InChI=1S/C15H18N4O2/c1-10(2)18-8-13(20)9-21-15-11(6-16)5-12-7-17-4-3-14(12)19-15/h3-5,7,10,13,18,20H,8-9H2,1-2H3. The van der Waals surface area contributed by atoms with Crippen LogP contribution in [0.1, 0.15) is 19.4 Å². The fraction of sp³-hybridized carbons (Fsp3) is 0.400. The van der Waals surface area contributed by atoms with E-state index in [0.717, 1.165) is 5.39 Å². The Hall–Kier alpha value is -2.23. The molecule has 0 aliphatic rings. The summed E-state index contributed by atoms with van der Waals surface area (Å²) in [5, 5.41) is 22.9. The molecule has 2 rings (SSSR count). The van der Waals surface area contributed by atoms with Gasteiger partial charge in [-0.25, -0.2) is 4.98 Å². The van der Waals surface area contributed by atoms with Crippen molar-refractivity contribution in [2.45, 2.75) is 26.0 Å². The normalized spacial score (nSPS) is 12.3. The fourth-order valence-electron chi connectivity index (χ4n) is 1.80. The van der Waals surface area contributed by atoms with E-state index in [4.69, 9.17) is 10.00 Å². The first-order chi connectivity index (χ1) is 10.1. The Morgan fingerprint density at radius 2 is 2.29 bits per heavy atom. The molecule has 0 radical (unpaired) electrons. The number of rotatable bonds is 6. The predicted molar refractivity (Wildman–Crippen MR) is 78.9 cm³/mol. The van der Waals surface area contributed by atoms with Gasteiger partial charge in [-0.1, -0.05) is 13.8 Å². The van der Waals surface area contributed by atoms with Crippen LogP contribution in [0.3, 0.4) is 0 Å². The van der Waals surface area contributed by atoms with Crippen molar-refractivity contribution in [3.63, 3.8) is 0 Å². The molecular formula is C15H18N4O2. The van der Waals surface area contributed by atoms with Gasteiger partial charge in [-0.2, -0.15) is 5.26 Å². The van der Waals surface area contributed by atoms with E-state index in [1.807, 2.05) is 19.9 Å². The van der Waals surface area contributed by atoms with Gasteiger partial charge in [-0.05, 0) is 12.1 Å². The number of fused-ring (bicyclic) bond motifs is 1. The van der Waals surface area contributed by atoms with Gasteiger partial charge in [-0.3, -0.25) is 4.98 Å². The van der Waals surface area contributed by atoms with Crippen molar-refractivity contribution in [2.75, 3.05) is 13.2 Å². The number of pyridine rings is 2. The van der Waals surface area contributed by atoms with Crippen LogP contribution in [0.4, 0.5) is 0 Å². The lowest BCUT2D eigenvalue weighted by Gasteiger charge is -2.15. The van der Waals surface area contributed by atoms with Gasteiger partial charge >= 0.3 is 0 Å². The summed E-state index contributed by atoms with van der Waals surface area (Å²) < 4.78 is 5.49. The maximum absolute atomic E-state index is 9.83. The number of hydrogen-bond donors (Lipinski definition) is 2. The monoisotopic (exact) mass is 286 g/mol. The number of hydrogen-bond acceptors (Lipinski definition) is 6. The summed E-state index contributed by atoms with van der Waals surface area (Å²) >= 11 is 0. The summed E-state index contributed by atoms with van der Waals surface area (Å²) in [6.45, 7) is 4.51. The van der Waals surface area contributed by atoms with Gasteiger partial charge in [0.05, 0.1) is 5.52 Å². The molecule has 0 spiro atoms. The van der Waals surface area contributed by atoms with E-state index >= 15 is 0 Å². The van der Waals surface area contributed by atoms with E-state index in [9.17, 15) is 5.11 Å². The van der Waals surface area contributed by atoms with Gasteiger partial charge in [0.15, 0.2) is 0 Å². The second-order valence-electron chi connectivity index (χ2n) is 5.05. The van der Waals surface area contributed by atoms with Crippen molar-refractivity contribution in [1.82, 2.24) is 15.3 Å². The highest BCUT2D eigenvalue weighted by Crippen LogP contribution is 2.20. The lowest BCUT2D eigenvalue weighted by atomic mass is 10.2. The van der Waals surface area contributed by atoms with Crippen LogP contribution in [0, 0.1) is 11.3 Å². The Morgan fingerprint density at radius 3 is 3.00 bits per heavy atom. The zero-order valence-electron chi connectivity index (χ0n) is 12.1. The molecule has 6 heteroatoms. The molecule has 0 aliphatic carbocycles. The van der Waals surface area contributed by atoms with Gasteiger partial charge in [-0.15, -0.1) is 0 Å². The second-order valence-corrected chi connectivity index (χ2v) is 5.05. The van der Waals surface area contributed by atoms with Crippen LogP contribution in [0.25, 0.3) is 10.9 Å². The Morgan fingerprint density at radius 1 is 1.48 bits per heavy atom. The molecule has 0 amide bonds. The molecule has 0 saturated carbocycles. The molecule has 2 aromatic rings. The fourth-order valence-corrected chi connectivity index (χ4v) is 1.80. The van der Waals surface area contributed by atoms with Gasteiger partial charge in [0.1, 0.15) is 24.3 Å². The summed E-state index contributed by atoms with van der Waals surface area (Å²) in [4.78, 5) is 8.29. The number of aliphatic hydroxyl groups is 1. The van der Waals surface area contributed by atoms with E-state index in [2.05, 4.69) is 15.3 Å². The molecule has 1 atom stereocenters. The number of aliphatic hydroxyl groups excluding tert-OH is 1. The number of nitrogens with zero attached hydrogens (tertiary/aromatic N) is 3. The number of nitriles is 1. The lowest BCUT2D eigenvalue weighted by molar-refractivity contribution is 0.102. The van der Waals surface area contributed by atoms with Crippen LogP contribution in [0.15, 0.2) is 24.5 Å². The molecule has 0 fully saturated rings. The third kappa shape index (κ3) is 4.12. The Kier molecular flexibility index (Phi) is 5.04. The molecule has 110 valence electrons. The third-order valence-electron chi connectivity index (χ3n) is 2.87. The molecule has 0 aromatic carbocycles. The number of nitrogens with one attached hydrogen (secondary N) is 1. The zero-order chi connectivity index (χ0) is 15.2. The van der Waals surface area contributed by atoms with Crippen LogP contribution < -0.4 is 10.1 Å². The van der Waals surface area contributed by atoms with Crippen molar-refractivity contribution in [2.24, 2.45) is 0 Å². The summed E-state index contributed by atoms with van der Waals surface area (Å²) in [5.41, 5.74) is 1.04. The van der Waals surface area contributed by atoms with Crippen molar-refractivity contribution < 1.29 is 9.84 Å². The first-order valence-corrected chi connectivity index (χ1v) is 6.79. The van der Waals surface area contributed by atoms with E-state index in [1.54, 1.807) is 24.5 Å². The molecule has 2 aromatic heterocycles. The van der Waals surface area contributed by atoms with Crippen LogP contribution in [0.2, 0.25) is 0 Å². The average molecular weight is 286 g/mol. The minimum absolute atomic E-state index is 0.0813. The first kappa shape index (κ1) is 15.2. The average Bonchev–Trinajstić information content (AvgIpc) is 2.49. The van der Waals surface area contributed by atoms with Gasteiger partial charge in [0.2, 0.25) is 5.88 Å². The van der Waals surface area contributed by atoms with Crippen molar-refractivity contribution >= 4 is 10.9 Å². The highest BCUT2D eigenvalue weighted by atomic mass is 16.5. The topological polar surface area (TPSA) is 91.1 Å². The zero-order valence-corrected chi connectivity index (χ0v) is 12.1. The van der Waals surface area contributed by atoms with E-state index in [-0.39, 0.29) is 12.5 Å². The molecular weight excluding hydrogens is 268 g/mol. The highest BCUT2D eigenvalue weighted by molar-refractivity contribution is 5.79. The summed E-state index contributed by atoms with van der Waals surface area (Å²) in [7, 11) is 0. The summed E-state index contributed by atoms with van der Waals surface area (Å²) in [5.74, 6) is 0.236. The molecule has 2 N–H and O–H groups in total. The van der Waals surface area contributed by atoms with Gasteiger partial charge in [0, 0.05) is 30.4 Å². The molecule has 6 nitrogen and oxygen atoms in total. The minimum Gasteiger partial charge on any atom is -0.474 e. The molecule has 0 aliphatic heterocycles. The van der Waals surface area contributed by atoms with E-state index < -0.39 is 6.10 Å². The largest absolute Gasteiger partial charge is 0.474 e. The number of ether oxygens (including phenoxy) is 1. The molecule has 1 unspecified atom stereocenters. The Labute approximate surface area is 123 Å². The van der Waals surface area contributed by atoms with Crippen molar-refractivity contribution in [1.29, 1.82) is 5.26 Å². The second kappa shape index (κ2) is 6.97. The first-order valence-electron chi connectivity index (χ1n) is 6.79. The van der Waals surface area contributed by atoms with Gasteiger partial charge < -0.3 is 15.2 Å². The third-order valence-corrected chi connectivity index (χ3v) is 2.87. The van der Waals surface area contributed by atoms with Crippen LogP contribution in [-0.4, -0.2) is 40.4 Å². The SMILES string of the molecule is CC(C)NCC(O)COc1nc2ccncc2cc1C#N. The minimum atomic E-state index is -0.658.